The van der Waals surface area contributed by atoms with Gasteiger partial charge >= 0.3 is 0 Å². The number of rotatable bonds is 8. The molecule has 1 fully saturated rings. The molecule has 0 bridgehead atoms. The van der Waals surface area contributed by atoms with Crippen LogP contribution >= 0.6 is 11.6 Å². The van der Waals surface area contributed by atoms with E-state index in [0.29, 0.717) is 32.1 Å². The van der Waals surface area contributed by atoms with E-state index >= 15 is 0 Å². The average molecular weight is 253 g/mol. The van der Waals surface area contributed by atoms with Crippen LogP contribution in [0.4, 0.5) is 0 Å². The van der Waals surface area contributed by atoms with Crippen molar-refractivity contribution in [1.82, 2.24) is 0 Å². The van der Waals surface area contributed by atoms with Gasteiger partial charge in [-0.15, -0.1) is 11.6 Å². The summed E-state index contributed by atoms with van der Waals surface area (Å²) >= 11 is 5.48. The molecule has 0 aromatic carbocycles. The summed E-state index contributed by atoms with van der Waals surface area (Å²) < 4.78 is 16.5. The molecule has 1 aliphatic rings. The number of ether oxygens (including phenoxy) is 3. The predicted molar refractivity (Wildman–Crippen MR) is 62.0 cm³/mol. The molecule has 1 heterocycles. The van der Waals surface area contributed by atoms with Crippen molar-refractivity contribution in [2.45, 2.75) is 31.5 Å². The van der Waals surface area contributed by atoms with Crippen LogP contribution < -0.4 is 0 Å². The quantitative estimate of drug-likeness (QED) is 0.521. The molecule has 1 rings (SSSR count). The Morgan fingerprint density at radius 3 is 2.94 bits per heavy atom. The Morgan fingerprint density at radius 2 is 2.19 bits per heavy atom. The van der Waals surface area contributed by atoms with Crippen LogP contribution in [-0.2, 0) is 14.2 Å². The number of hydrogen-bond acceptors (Lipinski definition) is 4. The second-order valence-electron chi connectivity index (χ2n) is 3.77. The van der Waals surface area contributed by atoms with Crippen molar-refractivity contribution in [2.75, 3.05) is 38.9 Å². The second kappa shape index (κ2) is 9.19. The highest BCUT2D eigenvalue weighted by molar-refractivity contribution is 6.17. The van der Waals surface area contributed by atoms with Gasteiger partial charge in [-0.1, -0.05) is 0 Å². The van der Waals surface area contributed by atoms with E-state index in [2.05, 4.69) is 0 Å². The number of aliphatic hydroxyl groups excluding tert-OH is 1. The van der Waals surface area contributed by atoms with Gasteiger partial charge in [0, 0.05) is 19.1 Å². The van der Waals surface area contributed by atoms with Crippen molar-refractivity contribution < 1.29 is 19.3 Å². The normalized spacial score (nSPS) is 25.9. The molecule has 1 N–H and O–H groups in total. The highest BCUT2D eigenvalue weighted by atomic mass is 35.5. The third kappa shape index (κ3) is 5.46. The molecular formula is C11H21ClO4. The Bertz CT molecular complexity index is 166. The van der Waals surface area contributed by atoms with Gasteiger partial charge in [0.1, 0.15) is 0 Å². The van der Waals surface area contributed by atoms with Gasteiger partial charge in [0.05, 0.1) is 32.0 Å². The molecular weight excluding hydrogens is 232 g/mol. The summed E-state index contributed by atoms with van der Waals surface area (Å²) in [6, 6.07) is 0. The first-order valence-electron chi connectivity index (χ1n) is 5.86. The van der Waals surface area contributed by atoms with E-state index in [1.165, 1.54) is 0 Å². The Kier molecular flexibility index (Phi) is 8.15. The maximum absolute atomic E-state index is 8.90. The first-order valence-corrected chi connectivity index (χ1v) is 6.39. The fourth-order valence-corrected chi connectivity index (χ4v) is 1.92. The van der Waals surface area contributed by atoms with Crippen LogP contribution in [0.3, 0.4) is 0 Å². The molecule has 0 aromatic rings. The van der Waals surface area contributed by atoms with Gasteiger partial charge in [0.2, 0.25) is 0 Å². The topological polar surface area (TPSA) is 47.9 Å². The fraction of sp³-hybridized carbons (Fsp3) is 1.00. The number of aliphatic hydroxyl groups is 1. The average Bonchev–Trinajstić information content (AvgIpc) is 2.31. The van der Waals surface area contributed by atoms with E-state index in [9.17, 15) is 0 Å². The van der Waals surface area contributed by atoms with Crippen molar-refractivity contribution >= 4 is 11.6 Å². The van der Waals surface area contributed by atoms with Gasteiger partial charge in [-0.25, -0.2) is 0 Å². The molecule has 1 aliphatic heterocycles. The molecule has 96 valence electrons. The molecule has 0 aliphatic carbocycles. The van der Waals surface area contributed by atoms with Crippen LogP contribution in [0.2, 0.25) is 0 Å². The zero-order valence-electron chi connectivity index (χ0n) is 9.57. The van der Waals surface area contributed by atoms with E-state index in [0.717, 1.165) is 19.4 Å². The zero-order chi connectivity index (χ0) is 11.6. The van der Waals surface area contributed by atoms with Crippen LogP contribution in [0.1, 0.15) is 19.3 Å². The Hall–Kier alpha value is 0.130. The lowest BCUT2D eigenvalue weighted by Gasteiger charge is -2.31. The largest absolute Gasteiger partial charge is 0.396 e. The maximum Gasteiger partial charge on any atom is 0.0858 e. The number of halogens is 1. The molecule has 2 atom stereocenters. The van der Waals surface area contributed by atoms with E-state index in [-0.39, 0.29) is 18.8 Å². The lowest BCUT2D eigenvalue weighted by atomic mass is 10.0. The Labute approximate surface area is 102 Å². The van der Waals surface area contributed by atoms with E-state index in [4.69, 9.17) is 30.9 Å². The van der Waals surface area contributed by atoms with Crippen LogP contribution in [-0.4, -0.2) is 56.2 Å². The van der Waals surface area contributed by atoms with Gasteiger partial charge in [0.15, 0.2) is 0 Å². The fourth-order valence-electron chi connectivity index (χ4n) is 1.81. The minimum absolute atomic E-state index is 0.0341. The van der Waals surface area contributed by atoms with Crippen LogP contribution in [0.5, 0.6) is 0 Å². The van der Waals surface area contributed by atoms with E-state index in [1.54, 1.807) is 0 Å². The van der Waals surface area contributed by atoms with Crippen molar-refractivity contribution in [3.05, 3.63) is 0 Å². The van der Waals surface area contributed by atoms with E-state index < -0.39 is 0 Å². The van der Waals surface area contributed by atoms with Crippen LogP contribution in [0, 0.1) is 0 Å². The van der Waals surface area contributed by atoms with Crippen LogP contribution in [0.25, 0.3) is 0 Å². The molecule has 0 amide bonds. The summed E-state index contributed by atoms with van der Waals surface area (Å²) in [6.45, 7) is 2.61. The molecule has 5 heteroatoms. The summed E-state index contributed by atoms with van der Waals surface area (Å²) in [5.74, 6) is 0.514. The standard InChI is InChI=1S/C11H21ClO4/c12-4-7-14-8-9-16-10-2-1-6-15-11(10)3-5-13/h10-11,13H,1-9H2. The van der Waals surface area contributed by atoms with Crippen LogP contribution in [0.15, 0.2) is 0 Å². The Morgan fingerprint density at radius 1 is 1.31 bits per heavy atom. The van der Waals surface area contributed by atoms with Gasteiger partial charge in [0.25, 0.3) is 0 Å². The zero-order valence-corrected chi connectivity index (χ0v) is 10.3. The third-order valence-corrected chi connectivity index (χ3v) is 2.73. The minimum Gasteiger partial charge on any atom is -0.396 e. The first kappa shape index (κ1) is 14.2. The van der Waals surface area contributed by atoms with Gasteiger partial charge in [-0.3, -0.25) is 0 Å². The SMILES string of the molecule is OCCC1OCCCC1OCCOCCCl. The first-order chi connectivity index (χ1) is 7.88. The highest BCUT2D eigenvalue weighted by Crippen LogP contribution is 2.19. The molecule has 0 radical (unpaired) electrons. The summed E-state index contributed by atoms with van der Waals surface area (Å²) in [6.07, 6.45) is 2.80. The second-order valence-corrected chi connectivity index (χ2v) is 4.15. The molecule has 0 aromatic heterocycles. The van der Waals surface area contributed by atoms with Crippen molar-refractivity contribution in [3.63, 3.8) is 0 Å². The maximum atomic E-state index is 8.90. The molecule has 0 spiro atoms. The minimum atomic E-state index is 0.0341. The summed E-state index contributed by atoms with van der Waals surface area (Å²) in [5.41, 5.74) is 0. The predicted octanol–water partition coefficient (Wildman–Crippen LogP) is 1.19. The molecule has 2 unspecified atom stereocenters. The van der Waals surface area contributed by atoms with Crippen molar-refractivity contribution in [2.24, 2.45) is 0 Å². The molecule has 16 heavy (non-hydrogen) atoms. The lowest BCUT2D eigenvalue weighted by molar-refractivity contribution is -0.118. The molecule has 4 nitrogen and oxygen atoms in total. The third-order valence-electron chi connectivity index (χ3n) is 2.57. The number of alkyl halides is 1. The molecule has 1 saturated heterocycles. The summed E-state index contributed by atoms with van der Waals surface area (Å²) in [4.78, 5) is 0. The highest BCUT2D eigenvalue weighted by Gasteiger charge is 2.25. The van der Waals surface area contributed by atoms with Crippen molar-refractivity contribution in [1.29, 1.82) is 0 Å². The Balaban J connectivity index is 2.11. The smallest absolute Gasteiger partial charge is 0.0858 e. The number of hydrogen-bond donors (Lipinski definition) is 1. The summed E-state index contributed by atoms with van der Waals surface area (Å²) in [7, 11) is 0. The molecule has 0 saturated carbocycles. The van der Waals surface area contributed by atoms with Crippen molar-refractivity contribution in [3.8, 4) is 0 Å². The lowest BCUT2D eigenvalue weighted by Crippen LogP contribution is -2.37. The summed E-state index contributed by atoms with van der Waals surface area (Å²) in [5, 5.41) is 8.90. The monoisotopic (exact) mass is 252 g/mol. The van der Waals surface area contributed by atoms with Gasteiger partial charge in [-0.05, 0) is 19.3 Å². The van der Waals surface area contributed by atoms with Gasteiger partial charge < -0.3 is 19.3 Å². The van der Waals surface area contributed by atoms with E-state index in [1.807, 2.05) is 0 Å². The van der Waals surface area contributed by atoms with Gasteiger partial charge in [-0.2, -0.15) is 0 Å².